The van der Waals surface area contributed by atoms with Gasteiger partial charge in [-0.3, -0.25) is 0 Å². The van der Waals surface area contributed by atoms with Gasteiger partial charge in [-0.25, -0.2) is 4.83 Å². The van der Waals surface area contributed by atoms with Crippen molar-refractivity contribution in [1.29, 1.82) is 0 Å². The molecule has 7 heteroatoms. The fourth-order valence-corrected chi connectivity index (χ4v) is 2.99. The van der Waals surface area contributed by atoms with Gasteiger partial charge in [0, 0.05) is 5.56 Å². The lowest BCUT2D eigenvalue weighted by Crippen LogP contribution is -2.19. The Morgan fingerprint density at radius 1 is 1.14 bits per heavy atom. The van der Waals surface area contributed by atoms with Gasteiger partial charge in [0.2, 0.25) is 0 Å². The molecule has 2 rings (SSSR count). The third kappa shape index (κ3) is 3.37. The number of phenolic OH excluding ortho intramolecular Hbond substituents is 2. The summed E-state index contributed by atoms with van der Waals surface area (Å²) < 4.78 is 24.3. The number of benzene rings is 2. The predicted octanol–water partition coefficient (Wildman–Crippen LogP) is 2.03. The van der Waals surface area contributed by atoms with Crippen molar-refractivity contribution >= 4 is 16.2 Å². The number of nitrogens with zero attached hydrogens (tertiary/aromatic N) is 1. The Balaban J connectivity index is 2.23. The van der Waals surface area contributed by atoms with Crippen molar-refractivity contribution in [2.24, 2.45) is 5.10 Å². The summed E-state index contributed by atoms with van der Waals surface area (Å²) in [7, 11) is -3.79. The molecule has 0 amide bonds. The van der Waals surface area contributed by atoms with Crippen molar-refractivity contribution < 1.29 is 18.6 Å². The first kappa shape index (κ1) is 15.8. The Bertz CT molecular complexity index is 829. The summed E-state index contributed by atoms with van der Waals surface area (Å²) in [5.74, 6) is -0.668. The normalized spacial score (nSPS) is 11.7. The molecule has 0 spiro atoms. The second-order valence-corrected chi connectivity index (χ2v) is 6.47. The van der Waals surface area contributed by atoms with E-state index in [1.165, 1.54) is 24.3 Å². The summed E-state index contributed by atoms with van der Waals surface area (Å²) >= 11 is 0. The van der Waals surface area contributed by atoms with Crippen LogP contribution >= 0.6 is 0 Å². The average Bonchev–Trinajstić information content (AvgIpc) is 2.43. The van der Waals surface area contributed by atoms with Crippen molar-refractivity contribution in [1.82, 2.24) is 4.83 Å². The molecule has 2 aromatic rings. The Kier molecular flexibility index (Phi) is 4.37. The molecule has 0 bridgehead atoms. The molecular weight excluding hydrogens is 304 g/mol. The van der Waals surface area contributed by atoms with Gasteiger partial charge in [0.1, 0.15) is 0 Å². The molecular formula is C15H16N2O4S. The minimum absolute atomic E-state index is 0.135. The monoisotopic (exact) mass is 320 g/mol. The second kappa shape index (κ2) is 6.07. The molecule has 0 unspecified atom stereocenters. The fourth-order valence-electron chi connectivity index (χ4n) is 1.97. The van der Waals surface area contributed by atoms with Crippen LogP contribution in [0.25, 0.3) is 0 Å². The molecule has 22 heavy (non-hydrogen) atoms. The van der Waals surface area contributed by atoms with Crippen LogP contribution in [0.4, 0.5) is 0 Å². The van der Waals surface area contributed by atoms with E-state index in [1.54, 1.807) is 19.1 Å². The van der Waals surface area contributed by atoms with Crippen molar-refractivity contribution in [2.45, 2.75) is 18.7 Å². The zero-order chi connectivity index (χ0) is 16.3. The highest BCUT2D eigenvalue weighted by Gasteiger charge is 2.15. The standard InChI is InChI=1S/C15H16N2O4S/c1-10-6-7-14(11(2)8-10)22(20,21)17-16-9-12-4-3-5-13(18)15(12)19/h3-9,17-19H,1-2H3/b16-9-. The first-order valence-electron chi connectivity index (χ1n) is 6.44. The molecule has 0 saturated heterocycles. The van der Waals surface area contributed by atoms with Crippen molar-refractivity contribution in [3.63, 3.8) is 0 Å². The number of phenols is 2. The molecule has 116 valence electrons. The van der Waals surface area contributed by atoms with E-state index in [9.17, 15) is 18.6 Å². The summed E-state index contributed by atoms with van der Waals surface area (Å²) in [6.45, 7) is 3.58. The number of hydrazone groups is 1. The highest BCUT2D eigenvalue weighted by Crippen LogP contribution is 2.26. The minimum atomic E-state index is -3.79. The molecule has 0 aliphatic rings. The Labute approximate surface area is 128 Å². The molecule has 2 aromatic carbocycles. The van der Waals surface area contributed by atoms with E-state index in [-0.39, 0.29) is 22.0 Å². The molecule has 0 heterocycles. The number of aromatic hydroxyl groups is 2. The average molecular weight is 320 g/mol. The van der Waals surface area contributed by atoms with E-state index in [0.717, 1.165) is 11.8 Å². The van der Waals surface area contributed by atoms with Crippen molar-refractivity contribution in [2.75, 3.05) is 0 Å². The lowest BCUT2D eigenvalue weighted by atomic mass is 10.2. The van der Waals surface area contributed by atoms with E-state index in [0.29, 0.717) is 5.56 Å². The number of rotatable bonds is 4. The fraction of sp³-hybridized carbons (Fsp3) is 0.133. The van der Waals surface area contributed by atoms with Gasteiger partial charge in [-0.15, -0.1) is 0 Å². The van der Waals surface area contributed by atoms with E-state index >= 15 is 0 Å². The van der Waals surface area contributed by atoms with Crippen LogP contribution in [-0.2, 0) is 10.0 Å². The number of para-hydroxylation sites is 1. The molecule has 3 N–H and O–H groups in total. The zero-order valence-corrected chi connectivity index (χ0v) is 12.9. The quantitative estimate of drug-likeness (QED) is 0.456. The highest BCUT2D eigenvalue weighted by molar-refractivity contribution is 7.89. The smallest absolute Gasteiger partial charge is 0.276 e. The maximum atomic E-state index is 12.2. The number of hydrogen-bond acceptors (Lipinski definition) is 5. The zero-order valence-electron chi connectivity index (χ0n) is 12.1. The van der Waals surface area contributed by atoms with Crippen LogP contribution in [0.3, 0.4) is 0 Å². The number of sulfonamides is 1. The summed E-state index contributed by atoms with van der Waals surface area (Å²) in [4.78, 5) is 2.21. The Morgan fingerprint density at radius 2 is 1.86 bits per heavy atom. The molecule has 0 saturated carbocycles. The topological polar surface area (TPSA) is 99.0 Å². The first-order chi connectivity index (χ1) is 10.3. The van der Waals surface area contributed by atoms with Gasteiger partial charge in [-0.2, -0.15) is 13.5 Å². The molecule has 0 aliphatic heterocycles. The van der Waals surface area contributed by atoms with Gasteiger partial charge in [0.15, 0.2) is 11.5 Å². The maximum absolute atomic E-state index is 12.2. The summed E-state index contributed by atoms with van der Waals surface area (Å²) in [5.41, 5.74) is 1.77. The van der Waals surface area contributed by atoms with Crippen LogP contribution in [0.15, 0.2) is 46.4 Å². The SMILES string of the molecule is Cc1ccc(S(=O)(=O)N/N=C\c2cccc(O)c2O)c(C)c1. The van der Waals surface area contributed by atoms with Gasteiger partial charge < -0.3 is 10.2 Å². The van der Waals surface area contributed by atoms with E-state index in [1.807, 2.05) is 6.92 Å². The van der Waals surface area contributed by atoms with Gasteiger partial charge in [-0.05, 0) is 37.6 Å². The van der Waals surface area contributed by atoms with Crippen LogP contribution in [0.1, 0.15) is 16.7 Å². The van der Waals surface area contributed by atoms with Crippen LogP contribution in [-0.4, -0.2) is 24.8 Å². The number of nitrogens with one attached hydrogen (secondary N) is 1. The first-order valence-corrected chi connectivity index (χ1v) is 7.92. The third-order valence-corrected chi connectivity index (χ3v) is 4.43. The van der Waals surface area contributed by atoms with E-state index in [4.69, 9.17) is 0 Å². The van der Waals surface area contributed by atoms with E-state index < -0.39 is 10.0 Å². The molecule has 0 aromatic heterocycles. The summed E-state index contributed by atoms with van der Waals surface area (Å²) in [6.07, 6.45) is 1.12. The van der Waals surface area contributed by atoms with Gasteiger partial charge in [-0.1, -0.05) is 23.8 Å². The summed E-state index contributed by atoms with van der Waals surface area (Å²) in [5, 5.41) is 22.6. The van der Waals surface area contributed by atoms with Crippen LogP contribution in [0.5, 0.6) is 11.5 Å². The van der Waals surface area contributed by atoms with Gasteiger partial charge in [0.05, 0.1) is 11.1 Å². The number of aryl methyl sites for hydroxylation is 2. The Hall–Kier alpha value is -2.54. The lowest BCUT2D eigenvalue weighted by Gasteiger charge is -2.07. The molecule has 0 aliphatic carbocycles. The predicted molar refractivity (Wildman–Crippen MR) is 83.6 cm³/mol. The van der Waals surface area contributed by atoms with Crippen LogP contribution < -0.4 is 4.83 Å². The third-order valence-electron chi connectivity index (χ3n) is 3.04. The lowest BCUT2D eigenvalue weighted by molar-refractivity contribution is 0.403. The van der Waals surface area contributed by atoms with Gasteiger partial charge >= 0.3 is 0 Å². The van der Waals surface area contributed by atoms with Crippen molar-refractivity contribution in [3.8, 4) is 11.5 Å². The largest absolute Gasteiger partial charge is 0.504 e. The molecule has 0 radical (unpaired) electrons. The number of hydrogen-bond donors (Lipinski definition) is 3. The molecule has 0 fully saturated rings. The highest BCUT2D eigenvalue weighted by atomic mass is 32.2. The van der Waals surface area contributed by atoms with Crippen LogP contribution in [0, 0.1) is 13.8 Å². The Morgan fingerprint density at radius 3 is 2.55 bits per heavy atom. The molecule has 0 atom stereocenters. The summed E-state index contributed by atoms with van der Waals surface area (Å²) in [6, 6.07) is 9.28. The van der Waals surface area contributed by atoms with Gasteiger partial charge in [0.25, 0.3) is 10.0 Å². The minimum Gasteiger partial charge on any atom is -0.504 e. The van der Waals surface area contributed by atoms with Crippen LogP contribution in [0.2, 0.25) is 0 Å². The van der Waals surface area contributed by atoms with E-state index in [2.05, 4.69) is 9.93 Å². The molecule has 6 nitrogen and oxygen atoms in total. The second-order valence-electron chi connectivity index (χ2n) is 4.84. The van der Waals surface area contributed by atoms with Crippen molar-refractivity contribution in [3.05, 3.63) is 53.1 Å². The maximum Gasteiger partial charge on any atom is 0.276 e.